The van der Waals surface area contributed by atoms with Crippen LogP contribution in [-0.2, 0) is 17.8 Å². The van der Waals surface area contributed by atoms with Crippen LogP contribution >= 0.6 is 0 Å². The summed E-state index contributed by atoms with van der Waals surface area (Å²) >= 11 is 0. The Hall–Kier alpha value is -1.87. The molecule has 2 N–H and O–H groups in total. The molecule has 0 spiro atoms. The Kier molecular flexibility index (Phi) is 3.63. The number of carbonyl (C=O) groups is 1. The number of benzene rings is 2. The number of fused-ring (bicyclic) bond motifs is 1. The Labute approximate surface area is 107 Å². The second-order valence-corrected chi connectivity index (χ2v) is 4.85. The summed E-state index contributed by atoms with van der Waals surface area (Å²) in [5.74, 6) is -0.292. The van der Waals surface area contributed by atoms with Crippen molar-refractivity contribution in [1.29, 1.82) is 0 Å². The molecule has 0 aliphatic carbocycles. The molecule has 0 saturated carbocycles. The Bertz CT molecular complexity index is 576. The van der Waals surface area contributed by atoms with E-state index in [0.717, 1.165) is 22.9 Å². The Balaban J connectivity index is 2.43. The smallest absolute Gasteiger partial charge is 0.221 e. The van der Waals surface area contributed by atoms with E-state index in [-0.39, 0.29) is 5.91 Å². The summed E-state index contributed by atoms with van der Waals surface area (Å²) in [6, 6.07) is 12.3. The predicted molar refractivity (Wildman–Crippen MR) is 74.2 cm³/mol. The van der Waals surface area contributed by atoms with Crippen molar-refractivity contribution in [2.75, 3.05) is 14.1 Å². The van der Waals surface area contributed by atoms with Gasteiger partial charge in [-0.05, 0) is 42.1 Å². The van der Waals surface area contributed by atoms with Gasteiger partial charge in [-0.3, -0.25) is 4.79 Å². The van der Waals surface area contributed by atoms with Gasteiger partial charge in [-0.2, -0.15) is 0 Å². The van der Waals surface area contributed by atoms with Gasteiger partial charge >= 0.3 is 0 Å². The molecule has 2 rings (SSSR count). The van der Waals surface area contributed by atoms with Crippen molar-refractivity contribution >= 4 is 16.7 Å². The monoisotopic (exact) mass is 242 g/mol. The summed E-state index contributed by atoms with van der Waals surface area (Å²) in [4.78, 5) is 13.2. The molecule has 0 fully saturated rings. The van der Waals surface area contributed by atoms with E-state index >= 15 is 0 Å². The van der Waals surface area contributed by atoms with Crippen molar-refractivity contribution in [3.05, 3.63) is 47.5 Å². The molecule has 0 bridgehead atoms. The Morgan fingerprint density at radius 1 is 1.22 bits per heavy atom. The molecular formula is C15H18N2O. The van der Waals surface area contributed by atoms with Crippen molar-refractivity contribution in [3.63, 3.8) is 0 Å². The molecule has 0 unspecified atom stereocenters. The van der Waals surface area contributed by atoms with Crippen LogP contribution in [0.15, 0.2) is 36.4 Å². The number of hydrogen-bond acceptors (Lipinski definition) is 2. The fourth-order valence-electron chi connectivity index (χ4n) is 2.21. The zero-order chi connectivity index (χ0) is 13.1. The van der Waals surface area contributed by atoms with Gasteiger partial charge in [0.15, 0.2) is 0 Å². The lowest BCUT2D eigenvalue weighted by atomic mass is 10.00. The average molecular weight is 242 g/mol. The number of hydrogen-bond donors (Lipinski definition) is 1. The van der Waals surface area contributed by atoms with E-state index in [1.807, 2.05) is 26.2 Å². The lowest BCUT2D eigenvalue weighted by Gasteiger charge is -2.11. The SMILES string of the molecule is CN(C)Cc1ccc2c(CC(N)=O)cccc2c1. The molecule has 18 heavy (non-hydrogen) atoms. The second kappa shape index (κ2) is 5.19. The first-order valence-electron chi connectivity index (χ1n) is 6.00. The molecule has 2 aromatic carbocycles. The van der Waals surface area contributed by atoms with Gasteiger partial charge in [0.25, 0.3) is 0 Å². The van der Waals surface area contributed by atoms with Crippen LogP contribution in [0.4, 0.5) is 0 Å². The van der Waals surface area contributed by atoms with Crippen molar-refractivity contribution in [2.45, 2.75) is 13.0 Å². The Morgan fingerprint density at radius 2 is 2.00 bits per heavy atom. The van der Waals surface area contributed by atoms with Crippen LogP contribution in [0, 0.1) is 0 Å². The third-order valence-electron chi connectivity index (χ3n) is 2.90. The first-order valence-corrected chi connectivity index (χ1v) is 6.00. The highest BCUT2D eigenvalue weighted by atomic mass is 16.1. The summed E-state index contributed by atoms with van der Waals surface area (Å²) in [6.07, 6.45) is 0.296. The van der Waals surface area contributed by atoms with Gasteiger partial charge in [-0.15, -0.1) is 0 Å². The molecule has 0 heterocycles. The summed E-state index contributed by atoms with van der Waals surface area (Å²) in [5, 5.41) is 2.27. The van der Waals surface area contributed by atoms with Crippen molar-refractivity contribution < 1.29 is 4.79 Å². The first-order chi connectivity index (χ1) is 8.56. The minimum absolute atomic E-state index is 0.292. The van der Waals surface area contributed by atoms with E-state index in [1.165, 1.54) is 5.56 Å². The van der Waals surface area contributed by atoms with Crippen LogP contribution in [0.1, 0.15) is 11.1 Å². The van der Waals surface area contributed by atoms with Gasteiger partial charge in [0, 0.05) is 6.54 Å². The van der Waals surface area contributed by atoms with Crippen LogP contribution < -0.4 is 5.73 Å². The number of nitrogens with two attached hydrogens (primary N) is 1. The highest BCUT2D eigenvalue weighted by molar-refractivity contribution is 5.90. The molecule has 0 atom stereocenters. The largest absolute Gasteiger partial charge is 0.369 e. The van der Waals surface area contributed by atoms with Gasteiger partial charge in [0.05, 0.1) is 6.42 Å². The van der Waals surface area contributed by atoms with E-state index < -0.39 is 0 Å². The predicted octanol–water partition coefficient (Wildman–Crippen LogP) is 1.93. The number of amides is 1. The summed E-state index contributed by atoms with van der Waals surface area (Å²) in [6.45, 7) is 0.913. The third-order valence-corrected chi connectivity index (χ3v) is 2.90. The third kappa shape index (κ3) is 2.87. The van der Waals surface area contributed by atoms with Gasteiger partial charge in [0.1, 0.15) is 0 Å². The second-order valence-electron chi connectivity index (χ2n) is 4.85. The lowest BCUT2D eigenvalue weighted by molar-refractivity contribution is -0.117. The fourth-order valence-corrected chi connectivity index (χ4v) is 2.21. The molecule has 3 heteroatoms. The van der Waals surface area contributed by atoms with Gasteiger partial charge in [-0.1, -0.05) is 30.3 Å². The van der Waals surface area contributed by atoms with Crippen LogP contribution in [0.25, 0.3) is 10.8 Å². The van der Waals surface area contributed by atoms with Crippen LogP contribution in [0.3, 0.4) is 0 Å². The molecule has 0 aliphatic heterocycles. The maximum absolute atomic E-state index is 11.0. The molecule has 0 aromatic heterocycles. The van der Waals surface area contributed by atoms with Crippen LogP contribution in [0.2, 0.25) is 0 Å². The van der Waals surface area contributed by atoms with Crippen molar-refractivity contribution in [2.24, 2.45) is 5.73 Å². The first kappa shape index (κ1) is 12.6. The molecule has 0 radical (unpaired) electrons. The zero-order valence-corrected chi connectivity index (χ0v) is 10.8. The minimum atomic E-state index is -0.292. The van der Waals surface area contributed by atoms with Gasteiger partial charge in [0.2, 0.25) is 5.91 Å². The van der Waals surface area contributed by atoms with E-state index in [0.29, 0.717) is 6.42 Å². The minimum Gasteiger partial charge on any atom is -0.369 e. The van der Waals surface area contributed by atoms with Gasteiger partial charge in [-0.25, -0.2) is 0 Å². The zero-order valence-electron chi connectivity index (χ0n) is 10.8. The number of carbonyl (C=O) groups excluding carboxylic acids is 1. The average Bonchev–Trinajstić information content (AvgIpc) is 2.27. The topological polar surface area (TPSA) is 46.3 Å². The highest BCUT2D eigenvalue weighted by Crippen LogP contribution is 2.21. The standard InChI is InChI=1S/C15H18N2O/c1-17(2)10-11-6-7-14-12(8-11)4-3-5-13(14)9-15(16)18/h3-8H,9-10H2,1-2H3,(H2,16,18). The van der Waals surface area contributed by atoms with E-state index in [9.17, 15) is 4.79 Å². The Morgan fingerprint density at radius 3 is 2.67 bits per heavy atom. The van der Waals surface area contributed by atoms with E-state index in [1.54, 1.807) is 0 Å². The molecule has 0 aliphatic rings. The lowest BCUT2D eigenvalue weighted by Crippen LogP contribution is -2.14. The highest BCUT2D eigenvalue weighted by Gasteiger charge is 2.05. The van der Waals surface area contributed by atoms with Gasteiger partial charge < -0.3 is 10.6 Å². The van der Waals surface area contributed by atoms with Crippen molar-refractivity contribution in [3.8, 4) is 0 Å². The molecular weight excluding hydrogens is 224 g/mol. The van der Waals surface area contributed by atoms with Crippen molar-refractivity contribution in [1.82, 2.24) is 4.90 Å². The molecule has 94 valence electrons. The molecule has 2 aromatic rings. The van der Waals surface area contributed by atoms with E-state index in [4.69, 9.17) is 5.73 Å². The quantitative estimate of drug-likeness (QED) is 0.890. The summed E-state index contributed by atoms with van der Waals surface area (Å²) in [5.41, 5.74) is 7.53. The number of rotatable bonds is 4. The maximum Gasteiger partial charge on any atom is 0.221 e. The fraction of sp³-hybridized carbons (Fsp3) is 0.267. The van der Waals surface area contributed by atoms with Crippen LogP contribution in [-0.4, -0.2) is 24.9 Å². The van der Waals surface area contributed by atoms with E-state index in [2.05, 4.69) is 29.2 Å². The van der Waals surface area contributed by atoms with Crippen LogP contribution in [0.5, 0.6) is 0 Å². The molecule has 3 nitrogen and oxygen atoms in total. The molecule has 1 amide bonds. The summed E-state index contributed by atoms with van der Waals surface area (Å²) < 4.78 is 0. The maximum atomic E-state index is 11.0. The number of nitrogens with zero attached hydrogens (tertiary/aromatic N) is 1. The normalized spacial score (nSPS) is 11.1. The summed E-state index contributed by atoms with van der Waals surface area (Å²) in [7, 11) is 4.10. The molecule has 0 saturated heterocycles. The number of primary amides is 1.